The molecule has 5 heteroatoms. The van der Waals surface area contributed by atoms with Crippen LogP contribution in [0.4, 0.5) is 4.79 Å². The summed E-state index contributed by atoms with van der Waals surface area (Å²) in [5.41, 5.74) is 2.16. The number of nitrogens with zero attached hydrogens (tertiary/aromatic N) is 1. The quantitative estimate of drug-likeness (QED) is 0.816. The van der Waals surface area contributed by atoms with Gasteiger partial charge in [-0.3, -0.25) is 0 Å². The Kier molecular flexibility index (Phi) is 6.92. The summed E-state index contributed by atoms with van der Waals surface area (Å²) in [7, 11) is 5.03. The van der Waals surface area contributed by atoms with Gasteiger partial charge in [-0.05, 0) is 11.1 Å². The van der Waals surface area contributed by atoms with Crippen molar-refractivity contribution in [1.29, 1.82) is 0 Å². The number of benzene rings is 1. The second-order valence-corrected chi connectivity index (χ2v) is 4.33. The van der Waals surface area contributed by atoms with Gasteiger partial charge in [0.1, 0.15) is 0 Å². The highest BCUT2D eigenvalue weighted by Gasteiger charge is 2.07. The molecule has 0 aliphatic heterocycles. The Balaban J connectivity index is 2.43. The molecule has 0 saturated heterocycles. The van der Waals surface area contributed by atoms with Crippen molar-refractivity contribution in [2.24, 2.45) is 0 Å². The molecule has 2 amide bonds. The van der Waals surface area contributed by atoms with Crippen LogP contribution in [0.15, 0.2) is 24.3 Å². The van der Waals surface area contributed by atoms with Crippen LogP contribution in [-0.2, 0) is 22.6 Å². The number of hydrogen-bond donors (Lipinski definition) is 1. The molecular weight excluding hydrogens is 244 g/mol. The molecule has 0 aliphatic carbocycles. The van der Waals surface area contributed by atoms with E-state index >= 15 is 0 Å². The van der Waals surface area contributed by atoms with Crippen LogP contribution >= 0.6 is 0 Å². The molecule has 5 nitrogen and oxygen atoms in total. The van der Waals surface area contributed by atoms with Gasteiger partial charge in [0.25, 0.3) is 0 Å². The van der Waals surface area contributed by atoms with Gasteiger partial charge in [-0.25, -0.2) is 4.79 Å². The van der Waals surface area contributed by atoms with Gasteiger partial charge in [0.15, 0.2) is 0 Å². The first kappa shape index (κ1) is 15.5. The number of ether oxygens (including phenoxy) is 2. The molecule has 0 aliphatic rings. The van der Waals surface area contributed by atoms with E-state index in [1.54, 1.807) is 26.2 Å². The number of amides is 2. The molecule has 0 bridgehead atoms. The summed E-state index contributed by atoms with van der Waals surface area (Å²) in [5.74, 6) is 0. The first-order valence-corrected chi connectivity index (χ1v) is 6.22. The van der Waals surface area contributed by atoms with E-state index in [0.29, 0.717) is 26.3 Å². The van der Waals surface area contributed by atoms with Crippen molar-refractivity contribution >= 4 is 6.03 Å². The van der Waals surface area contributed by atoms with E-state index in [9.17, 15) is 4.79 Å². The molecule has 19 heavy (non-hydrogen) atoms. The minimum Gasteiger partial charge on any atom is -0.383 e. The van der Waals surface area contributed by atoms with Crippen LogP contribution in [0.25, 0.3) is 0 Å². The van der Waals surface area contributed by atoms with Crippen LogP contribution in [0.2, 0.25) is 0 Å². The van der Waals surface area contributed by atoms with Crippen LogP contribution < -0.4 is 5.32 Å². The average Bonchev–Trinajstić information content (AvgIpc) is 2.43. The molecule has 106 valence electrons. The van der Waals surface area contributed by atoms with E-state index < -0.39 is 0 Å². The zero-order valence-electron chi connectivity index (χ0n) is 11.8. The van der Waals surface area contributed by atoms with Gasteiger partial charge in [-0.2, -0.15) is 0 Å². The van der Waals surface area contributed by atoms with Gasteiger partial charge in [-0.1, -0.05) is 24.3 Å². The van der Waals surface area contributed by atoms with Crippen molar-refractivity contribution in [3.8, 4) is 0 Å². The molecule has 0 fully saturated rings. The van der Waals surface area contributed by atoms with E-state index in [1.807, 2.05) is 24.3 Å². The molecule has 0 unspecified atom stereocenters. The Morgan fingerprint density at radius 3 is 2.68 bits per heavy atom. The summed E-state index contributed by atoms with van der Waals surface area (Å²) < 4.78 is 10.0. The summed E-state index contributed by atoms with van der Waals surface area (Å²) in [6.07, 6.45) is 0. The first-order valence-electron chi connectivity index (χ1n) is 6.22. The van der Waals surface area contributed by atoms with Gasteiger partial charge >= 0.3 is 6.03 Å². The van der Waals surface area contributed by atoms with E-state index in [2.05, 4.69) is 5.32 Å². The fourth-order valence-electron chi connectivity index (χ4n) is 1.64. The molecule has 0 radical (unpaired) electrons. The van der Waals surface area contributed by atoms with Gasteiger partial charge in [-0.15, -0.1) is 0 Å². The minimum absolute atomic E-state index is 0.103. The summed E-state index contributed by atoms with van der Waals surface area (Å²) >= 11 is 0. The van der Waals surface area contributed by atoms with Crippen molar-refractivity contribution < 1.29 is 14.3 Å². The summed E-state index contributed by atoms with van der Waals surface area (Å²) in [6.45, 7) is 2.20. The van der Waals surface area contributed by atoms with E-state index in [-0.39, 0.29) is 6.03 Å². The van der Waals surface area contributed by atoms with Crippen LogP contribution in [0.3, 0.4) is 0 Å². The third-order valence-electron chi connectivity index (χ3n) is 2.72. The van der Waals surface area contributed by atoms with E-state index in [0.717, 1.165) is 11.1 Å². The summed E-state index contributed by atoms with van der Waals surface area (Å²) in [6, 6.07) is 7.87. The first-order chi connectivity index (χ1) is 9.17. The Hall–Kier alpha value is -1.59. The molecule has 0 spiro atoms. The summed E-state index contributed by atoms with van der Waals surface area (Å²) in [5, 5.41) is 2.87. The maximum Gasteiger partial charge on any atom is 0.317 e. The lowest BCUT2D eigenvalue weighted by molar-refractivity contribution is 0.159. The monoisotopic (exact) mass is 266 g/mol. The highest BCUT2D eigenvalue weighted by Crippen LogP contribution is 2.06. The molecule has 1 N–H and O–H groups in total. The summed E-state index contributed by atoms with van der Waals surface area (Å²) in [4.78, 5) is 13.4. The van der Waals surface area contributed by atoms with E-state index in [4.69, 9.17) is 9.47 Å². The second-order valence-electron chi connectivity index (χ2n) is 4.33. The van der Waals surface area contributed by atoms with Crippen LogP contribution in [0.5, 0.6) is 0 Å². The highest BCUT2D eigenvalue weighted by molar-refractivity contribution is 5.73. The number of methoxy groups -OCH3 is 2. The van der Waals surface area contributed by atoms with Crippen LogP contribution in [0, 0.1) is 0 Å². The van der Waals surface area contributed by atoms with E-state index in [1.165, 1.54) is 0 Å². The number of hydrogen-bond acceptors (Lipinski definition) is 3. The third kappa shape index (κ3) is 5.72. The van der Waals surface area contributed by atoms with Crippen molar-refractivity contribution in [3.63, 3.8) is 0 Å². The number of likely N-dealkylation sites (N-methyl/N-ethyl adjacent to an activating group) is 1. The van der Waals surface area contributed by atoms with Crippen LogP contribution in [-0.4, -0.2) is 45.3 Å². The topological polar surface area (TPSA) is 50.8 Å². The fourth-order valence-corrected chi connectivity index (χ4v) is 1.64. The Bertz CT molecular complexity index is 396. The lowest BCUT2D eigenvalue weighted by Gasteiger charge is -2.17. The Labute approximate surface area is 114 Å². The lowest BCUT2D eigenvalue weighted by Crippen LogP contribution is -2.38. The molecule has 0 heterocycles. The molecule has 0 aromatic heterocycles. The van der Waals surface area contributed by atoms with Crippen molar-refractivity contribution in [3.05, 3.63) is 35.4 Å². The molecule has 1 aromatic rings. The number of carbonyl (C=O) groups is 1. The zero-order valence-corrected chi connectivity index (χ0v) is 11.8. The van der Waals surface area contributed by atoms with Crippen molar-refractivity contribution in [2.45, 2.75) is 13.2 Å². The third-order valence-corrected chi connectivity index (χ3v) is 2.72. The smallest absolute Gasteiger partial charge is 0.317 e. The average molecular weight is 266 g/mol. The fraction of sp³-hybridized carbons (Fsp3) is 0.500. The Morgan fingerprint density at radius 1 is 1.26 bits per heavy atom. The lowest BCUT2D eigenvalue weighted by atomic mass is 10.1. The minimum atomic E-state index is -0.103. The number of nitrogens with one attached hydrogen (secondary N) is 1. The standard InChI is InChI=1S/C14H22N2O3/c1-16(7-8-18-2)14(17)15-10-12-5-4-6-13(9-12)11-19-3/h4-6,9H,7-8,10-11H2,1-3H3,(H,15,17). The molecule has 1 aromatic carbocycles. The van der Waals surface area contributed by atoms with Gasteiger partial charge in [0.05, 0.1) is 13.2 Å². The predicted octanol–water partition coefficient (Wildman–Crippen LogP) is 1.62. The van der Waals surface area contributed by atoms with Gasteiger partial charge in [0, 0.05) is 34.4 Å². The second kappa shape index (κ2) is 8.50. The van der Waals surface area contributed by atoms with Crippen molar-refractivity contribution in [2.75, 3.05) is 34.4 Å². The van der Waals surface area contributed by atoms with Gasteiger partial charge < -0.3 is 19.7 Å². The SMILES string of the molecule is COCCN(C)C(=O)NCc1cccc(COC)c1. The number of urea groups is 1. The Morgan fingerprint density at radius 2 is 2.00 bits per heavy atom. The number of carbonyl (C=O) groups excluding carboxylic acids is 1. The highest BCUT2D eigenvalue weighted by atomic mass is 16.5. The number of rotatable bonds is 7. The van der Waals surface area contributed by atoms with Crippen LogP contribution in [0.1, 0.15) is 11.1 Å². The molecule has 0 saturated carbocycles. The largest absolute Gasteiger partial charge is 0.383 e. The maximum atomic E-state index is 11.8. The van der Waals surface area contributed by atoms with Crippen molar-refractivity contribution in [1.82, 2.24) is 10.2 Å². The maximum absolute atomic E-state index is 11.8. The molecule has 0 atom stereocenters. The normalized spacial score (nSPS) is 10.3. The molecular formula is C14H22N2O3. The molecule has 1 rings (SSSR count). The predicted molar refractivity (Wildman–Crippen MR) is 73.9 cm³/mol. The van der Waals surface area contributed by atoms with Gasteiger partial charge in [0.2, 0.25) is 0 Å². The zero-order chi connectivity index (χ0) is 14.1.